The summed E-state index contributed by atoms with van der Waals surface area (Å²) < 4.78 is 11.5. The van der Waals surface area contributed by atoms with Gasteiger partial charge in [0, 0.05) is 29.3 Å². The first-order valence-corrected chi connectivity index (χ1v) is 11.5. The number of nitrogens with one attached hydrogen (secondary N) is 1. The number of hydrogen-bond acceptors (Lipinski definition) is 5. The highest BCUT2D eigenvalue weighted by atomic mass is 16.5. The minimum atomic E-state index is -0.413. The molecule has 1 aromatic rings. The fourth-order valence-corrected chi connectivity index (χ4v) is 5.18. The van der Waals surface area contributed by atoms with Crippen LogP contribution in [0.15, 0.2) is 46.8 Å². The third kappa shape index (κ3) is 4.41. The van der Waals surface area contributed by atoms with Gasteiger partial charge in [-0.3, -0.25) is 4.79 Å². The van der Waals surface area contributed by atoms with E-state index in [0.29, 0.717) is 24.2 Å². The summed E-state index contributed by atoms with van der Waals surface area (Å²) in [6, 6.07) is 7.75. The standard InChI is InChI=1S/C26H33NO4/c1-5-30-18-12-10-17(11-13-18)23-22(25(29)31-19-8-6-7-9-19)16(2)27-20-14-26(3,4)15-21(28)24(20)23/h10-13,19,23,27H,5-9,14-15H2,1-4H3. The van der Waals surface area contributed by atoms with Crippen LogP contribution in [0.1, 0.15) is 77.7 Å². The van der Waals surface area contributed by atoms with Gasteiger partial charge in [0.1, 0.15) is 11.9 Å². The SMILES string of the molecule is CCOc1ccc(C2C(C(=O)OC3CCCC3)=C(C)NC3=C2C(=O)CC(C)(C)C3)cc1. The van der Waals surface area contributed by atoms with Crippen LogP contribution in [0.3, 0.4) is 0 Å². The molecule has 0 radical (unpaired) electrons. The third-order valence-corrected chi connectivity index (χ3v) is 6.56. The fourth-order valence-electron chi connectivity index (χ4n) is 5.18. The molecule has 0 saturated heterocycles. The van der Waals surface area contributed by atoms with Gasteiger partial charge in [-0.15, -0.1) is 0 Å². The van der Waals surface area contributed by atoms with E-state index in [4.69, 9.17) is 9.47 Å². The number of ketones is 1. The molecule has 0 spiro atoms. The Morgan fingerprint density at radius 2 is 1.81 bits per heavy atom. The Hall–Kier alpha value is -2.56. The van der Waals surface area contributed by atoms with Crippen molar-refractivity contribution in [1.82, 2.24) is 5.32 Å². The maximum Gasteiger partial charge on any atom is 0.337 e. The molecule has 1 fully saturated rings. The average Bonchev–Trinajstić information content (AvgIpc) is 3.19. The second kappa shape index (κ2) is 8.52. The van der Waals surface area contributed by atoms with Gasteiger partial charge in [-0.1, -0.05) is 26.0 Å². The monoisotopic (exact) mass is 423 g/mol. The highest BCUT2D eigenvalue weighted by molar-refractivity contribution is 6.04. The van der Waals surface area contributed by atoms with E-state index < -0.39 is 5.92 Å². The summed E-state index contributed by atoms with van der Waals surface area (Å²) in [4.78, 5) is 26.7. The fraction of sp³-hybridized carbons (Fsp3) is 0.538. The minimum absolute atomic E-state index is 0.0230. The maximum atomic E-state index is 13.3. The van der Waals surface area contributed by atoms with E-state index in [-0.39, 0.29) is 23.3 Å². The van der Waals surface area contributed by atoms with Crippen molar-refractivity contribution < 1.29 is 19.1 Å². The number of ether oxygens (including phenoxy) is 2. The van der Waals surface area contributed by atoms with Crippen LogP contribution in [0.5, 0.6) is 5.75 Å². The van der Waals surface area contributed by atoms with Crippen LogP contribution >= 0.6 is 0 Å². The number of carbonyl (C=O) groups is 2. The Kier molecular flexibility index (Phi) is 5.96. The molecule has 0 bridgehead atoms. The number of rotatable bonds is 5. The predicted octanol–water partition coefficient (Wildman–Crippen LogP) is 5.18. The van der Waals surface area contributed by atoms with Crippen molar-refractivity contribution in [3.8, 4) is 5.75 Å². The zero-order valence-electron chi connectivity index (χ0n) is 19.0. The van der Waals surface area contributed by atoms with Crippen LogP contribution in [0.2, 0.25) is 0 Å². The van der Waals surface area contributed by atoms with E-state index in [2.05, 4.69) is 19.2 Å². The van der Waals surface area contributed by atoms with Crippen LogP contribution in [-0.4, -0.2) is 24.5 Å². The molecule has 31 heavy (non-hydrogen) atoms. The average molecular weight is 424 g/mol. The molecular weight excluding hydrogens is 390 g/mol. The quantitative estimate of drug-likeness (QED) is 0.662. The molecule has 1 unspecified atom stereocenters. The zero-order chi connectivity index (χ0) is 22.2. The highest BCUT2D eigenvalue weighted by Gasteiger charge is 2.43. The molecule has 0 aromatic heterocycles. The summed E-state index contributed by atoms with van der Waals surface area (Å²) in [6.45, 7) is 8.69. The van der Waals surface area contributed by atoms with E-state index in [9.17, 15) is 9.59 Å². The van der Waals surface area contributed by atoms with Gasteiger partial charge in [0.15, 0.2) is 5.78 Å². The number of dihydropyridines is 1. The van der Waals surface area contributed by atoms with Gasteiger partial charge >= 0.3 is 5.97 Å². The topological polar surface area (TPSA) is 64.6 Å². The maximum absolute atomic E-state index is 13.3. The smallest absolute Gasteiger partial charge is 0.337 e. The van der Waals surface area contributed by atoms with Crippen molar-refractivity contribution in [3.05, 3.63) is 52.4 Å². The number of carbonyl (C=O) groups excluding carboxylic acids is 2. The Bertz CT molecular complexity index is 933. The molecule has 1 aromatic carbocycles. The second-order valence-electron chi connectivity index (χ2n) is 9.74. The van der Waals surface area contributed by atoms with Crippen molar-refractivity contribution in [2.24, 2.45) is 5.41 Å². The first-order valence-electron chi connectivity index (χ1n) is 11.5. The van der Waals surface area contributed by atoms with Crippen LogP contribution < -0.4 is 10.1 Å². The molecule has 1 atom stereocenters. The summed E-state index contributed by atoms with van der Waals surface area (Å²) in [5, 5.41) is 3.40. The Morgan fingerprint density at radius 3 is 2.45 bits per heavy atom. The predicted molar refractivity (Wildman–Crippen MR) is 120 cm³/mol. The van der Waals surface area contributed by atoms with Crippen molar-refractivity contribution >= 4 is 11.8 Å². The van der Waals surface area contributed by atoms with Crippen LogP contribution in [0.4, 0.5) is 0 Å². The van der Waals surface area contributed by atoms with E-state index in [1.54, 1.807) is 0 Å². The summed E-state index contributed by atoms with van der Waals surface area (Å²) in [7, 11) is 0. The number of esters is 1. The van der Waals surface area contributed by atoms with Crippen LogP contribution in [-0.2, 0) is 14.3 Å². The summed E-state index contributed by atoms with van der Waals surface area (Å²) >= 11 is 0. The lowest BCUT2D eigenvalue weighted by Gasteiger charge is -2.39. The number of allylic oxidation sites excluding steroid dienone is 3. The van der Waals surface area contributed by atoms with Gasteiger partial charge in [-0.2, -0.15) is 0 Å². The molecule has 0 amide bonds. The number of Topliss-reactive ketones (excluding diaryl/α,β-unsaturated/α-hetero) is 1. The lowest BCUT2D eigenvalue weighted by atomic mass is 9.68. The molecule has 5 heteroatoms. The molecule has 3 aliphatic rings. The highest BCUT2D eigenvalue weighted by Crippen LogP contribution is 2.47. The van der Waals surface area contributed by atoms with Crippen molar-refractivity contribution in [2.75, 3.05) is 6.61 Å². The molecule has 1 saturated carbocycles. The summed E-state index contributed by atoms with van der Waals surface area (Å²) in [5.41, 5.74) is 3.81. The lowest BCUT2D eigenvalue weighted by Crippen LogP contribution is -2.39. The molecular formula is C26H33NO4. The van der Waals surface area contributed by atoms with Gasteiger partial charge in [-0.05, 0) is 69.1 Å². The Labute approximate surface area is 184 Å². The molecule has 1 heterocycles. The van der Waals surface area contributed by atoms with E-state index >= 15 is 0 Å². The minimum Gasteiger partial charge on any atom is -0.494 e. The molecule has 1 aliphatic heterocycles. The summed E-state index contributed by atoms with van der Waals surface area (Å²) in [6.07, 6.45) is 5.26. The zero-order valence-corrected chi connectivity index (χ0v) is 19.0. The normalized spacial score (nSPS) is 23.5. The van der Waals surface area contributed by atoms with Crippen molar-refractivity contribution in [1.29, 1.82) is 0 Å². The van der Waals surface area contributed by atoms with Gasteiger partial charge in [0.25, 0.3) is 0 Å². The molecule has 5 nitrogen and oxygen atoms in total. The second-order valence-corrected chi connectivity index (χ2v) is 9.74. The lowest BCUT2D eigenvalue weighted by molar-refractivity contribution is -0.144. The van der Waals surface area contributed by atoms with Crippen molar-refractivity contribution in [2.45, 2.75) is 78.2 Å². The van der Waals surface area contributed by atoms with E-state index in [1.165, 1.54) is 0 Å². The summed E-state index contributed by atoms with van der Waals surface area (Å²) in [5.74, 6) is 0.168. The largest absolute Gasteiger partial charge is 0.494 e. The number of benzene rings is 1. The first-order chi connectivity index (χ1) is 14.8. The molecule has 1 N–H and O–H groups in total. The van der Waals surface area contributed by atoms with Crippen LogP contribution in [0, 0.1) is 5.41 Å². The van der Waals surface area contributed by atoms with Crippen molar-refractivity contribution in [3.63, 3.8) is 0 Å². The van der Waals surface area contributed by atoms with Gasteiger partial charge in [-0.25, -0.2) is 4.79 Å². The Balaban J connectivity index is 1.75. The third-order valence-electron chi connectivity index (χ3n) is 6.56. The first kappa shape index (κ1) is 21.7. The van der Waals surface area contributed by atoms with Gasteiger partial charge < -0.3 is 14.8 Å². The van der Waals surface area contributed by atoms with Gasteiger partial charge in [0.05, 0.1) is 12.2 Å². The molecule has 2 aliphatic carbocycles. The Morgan fingerprint density at radius 1 is 1.13 bits per heavy atom. The van der Waals surface area contributed by atoms with E-state index in [1.807, 2.05) is 38.1 Å². The number of hydrogen-bond donors (Lipinski definition) is 1. The van der Waals surface area contributed by atoms with Gasteiger partial charge in [0.2, 0.25) is 0 Å². The molecule has 4 rings (SSSR count). The molecule has 166 valence electrons. The van der Waals surface area contributed by atoms with Crippen LogP contribution in [0.25, 0.3) is 0 Å². The van der Waals surface area contributed by atoms with E-state index in [0.717, 1.165) is 54.8 Å².